The molecular formula is C21H24N2O3. The van der Waals surface area contributed by atoms with Crippen molar-refractivity contribution < 1.29 is 14.3 Å². The first-order valence-corrected chi connectivity index (χ1v) is 8.95. The number of hydrogen-bond donors (Lipinski definition) is 2. The van der Waals surface area contributed by atoms with Gasteiger partial charge in [-0.3, -0.25) is 4.79 Å². The Kier molecular flexibility index (Phi) is 6.02. The number of methoxy groups -OCH3 is 1. The second-order valence-electron chi connectivity index (χ2n) is 6.52. The van der Waals surface area contributed by atoms with E-state index < -0.39 is 0 Å². The van der Waals surface area contributed by atoms with Gasteiger partial charge in [-0.25, -0.2) is 4.79 Å². The molecular weight excluding hydrogens is 328 g/mol. The lowest BCUT2D eigenvalue weighted by atomic mass is 9.97. The molecule has 1 heterocycles. The lowest BCUT2D eigenvalue weighted by Crippen LogP contribution is -2.35. The number of nitrogens with one attached hydrogen (secondary N) is 2. The van der Waals surface area contributed by atoms with Crippen molar-refractivity contribution >= 4 is 11.9 Å². The van der Waals surface area contributed by atoms with Crippen LogP contribution in [0.2, 0.25) is 0 Å². The maximum Gasteiger partial charge on any atom is 0.338 e. The first-order valence-electron chi connectivity index (χ1n) is 8.95. The van der Waals surface area contributed by atoms with Crippen molar-refractivity contribution in [2.75, 3.05) is 26.7 Å². The molecule has 3 rings (SSSR count). The summed E-state index contributed by atoms with van der Waals surface area (Å²) in [7, 11) is 1.36. The summed E-state index contributed by atoms with van der Waals surface area (Å²) >= 11 is 0. The van der Waals surface area contributed by atoms with Gasteiger partial charge in [0.25, 0.3) is 5.91 Å². The van der Waals surface area contributed by atoms with Crippen molar-refractivity contribution in [2.24, 2.45) is 5.92 Å². The smallest absolute Gasteiger partial charge is 0.338 e. The Labute approximate surface area is 153 Å². The molecule has 2 N–H and O–H groups in total. The van der Waals surface area contributed by atoms with E-state index in [1.54, 1.807) is 18.2 Å². The molecule has 0 saturated carbocycles. The number of amides is 1. The van der Waals surface area contributed by atoms with Crippen LogP contribution in [0, 0.1) is 5.92 Å². The van der Waals surface area contributed by atoms with Gasteiger partial charge in [-0.05, 0) is 61.2 Å². The number of benzene rings is 2. The predicted octanol–water partition coefficient (Wildman–Crippen LogP) is 2.87. The van der Waals surface area contributed by atoms with Gasteiger partial charge in [0.1, 0.15) is 0 Å². The number of esters is 1. The maximum absolute atomic E-state index is 12.5. The third-order valence-electron chi connectivity index (χ3n) is 4.78. The van der Waals surface area contributed by atoms with Crippen molar-refractivity contribution in [1.29, 1.82) is 0 Å². The number of rotatable bonds is 5. The van der Waals surface area contributed by atoms with Gasteiger partial charge in [0.05, 0.1) is 12.7 Å². The SMILES string of the molecule is COC(=O)c1ccccc1-c1cccc(C(=O)NCC2CCNCC2)c1. The zero-order valence-corrected chi connectivity index (χ0v) is 15.0. The van der Waals surface area contributed by atoms with Gasteiger partial charge >= 0.3 is 5.97 Å². The summed E-state index contributed by atoms with van der Waals surface area (Å²) in [5, 5.41) is 6.37. The minimum Gasteiger partial charge on any atom is -0.465 e. The van der Waals surface area contributed by atoms with E-state index in [-0.39, 0.29) is 11.9 Å². The average molecular weight is 352 g/mol. The predicted molar refractivity (Wildman–Crippen MR) is 101 cm³/mol. The summed E-state index contributed by atoms with van der Waals surface area (Å²) in [5.41, 5.74) is 2.66. The number of carbonyl (C=O) groups is 2. The van der Waals surface area contributed by atoms with Crippen LogP contribution in [0.15, 0.2) is 48.5 Å². The molecule has 0 unspecified atom stereocenters. The molecule has 26 heavy (non-hydrogen) atoms. The van der Waals surface area contributed by atoms with Crippen LogP contribution in [0.25, 0.3) is 11.1 Å². The van der Waals surface area contributed by atoms with Crippen LogP contribution in [0.5, 0.6) is 0 Å². The van der Waals surface area contributed by atoms with Gasteiger partial charge in [0.15, 0.2) is 0 Å². The van der Waals surface area contributed by atoms with Gasteiger partial charge in [0.2, 0.25) is 0 Å². The summed E-state index contributed by atoms with van der Waals surface area (Å²) in [6.45, 7) is 2.73. The van der Waals surface area contributed by atoms with Crippen LogP contribution < -0.4 is 10.6 Å². The zero-order chi connectivity index (χ0) is 18.4. The van der Waals surface area contributed by atoms with Gasteiger partial charge in [-0.2, -0.15) is 0 Å². The molecule has 0 atom stereocenters. The van der Waals surface area contributed by atoms with Crippen LogP contribution in [-0.2, 0) is 4.74 Å². The molecule has 0 bridgehead atoms. The van der Waals surface area contributed by atoms with E-state index in [1.165, 1.54) is 7.11 Å². The van der Waals surface area contributed by atoms with E-state index in [0.29, 0.717) is 23.6 Å². The van der Waals surface area contributed by atoms with Crippen LogP contribution in [0.3, 0.4) is 0 Å². The average Bonchev–Trinajstić information content (AvgIpc) is 2.72. The van der Waals surface area contributed by atoms with Crippen molar-refractivity contribution in [2.45, 2.75) is 12.8 Å². The van der Waals surface area contributed by atoms with Crippen LogP contribution in [-0.4, -0.2) is 38.6 Å². The van der Waals surface area contributed by atoms with Gasteiger partial charge in [-0.15, -0.1) is 0 Å². The van der Waals surface area contributed by atoms with E-state index in [0.717, 1.165) is 37.1 Å². The Hall–Kier alpha value is -2.66. The standard InChI is InChI=1S/C21H24N2O3/c1-26-21(25)19-8-3-2-7-18(19)16-5-4-6-17(13-16)20(24)23-14-15-9-11-22-12-10-15/h2-8,13,15,22H,9-12,14H2,1H3,(H,23,24). The Morgan fingerprint density at radius 1 is 1.12 bits per heavy atom. The molecule has 0 aromatic heterocycles. The van der Waals surface area contributed by atoms with Crippen LogP contribution in [0.1, 0.15) is 33.6 Å². The van der Waals surface area contributed by atoms with Crippen LogP contribution >= 0.6 is 0 Å². The van der Waals surface area contributed by atoms with E-state index in [2.05, 4.69) is 10.6 Å². The summed E-state index contributed by atoms with van der Waals surface area (Å²) in [4.78, 5) is 24.5. The van der Waals surface area contributed by atoms with Gasteiger partial charge in [0, 0.05) is 12.1 Å². The van der Waals surface area contributed by atoms with Crippen molar-refractivity contribution in [3.05, 3.63) is 59.7 Å². The monoisotopic (exact) mass is 352 g/mol. The maximum atomic E-state index is 12.5. The van der Waals surface area contributed by atoms with Crippen molar-refractivity contribution in [1.82, 2.24) is 10.6 Å². The highest BCUT2D eigenvalue weighted by Crippen LogP contribution is 2.25. The minimum absolute atomic E-state index is 0.0825. The largest absolute Gasteiger partial charge is 0.465 e. The highest BCUT2D eigenvalue weighted by Gasteiger charge is 2.16. The number of hydrogen-bond acceptors (Lipinski definition) is 4. The summed E-state index contributed by atoms with van der Waals surface area (Å²) in [6, 6.07) is 14.6. The summed E-state index contributed by atoms with van der Waals surface area (Å²) < 4.78 is 4.86. The highest BCUT2D eigenvalue weighted by molar-refractivity contribution is 5.99. The molecule has 0 spiro atoms. The normalized spacial score (nSPS) is 14.7. The van der Waals surface area contributed by atoms with E-state index >= 15 is 0 Å². The second kappa shape index (κ2) is 8.63. The Balaban J connectivity index is 1.76. The molecule has 1 aliphatic rings. The Morgan fingerprint density at radius 2 is 1.88 bits per heavy atom. The molecule has 1 amide bonds. The number of piperidine rings is 1. The fourth-order valence-electron chi connectivity index (χ4n) is 3.28. The lowest BCUT2D eigenvalue weighted by molar-refractivity contribution is 0.0601. The number of carbonyl (C=O) groups excluding carboxylic acids is 2. The molecule has 5 nitrogen and oxygen atoms in total. The molecule has 0 aliphatic carbocycles. The van der Waals surface area contributed by atoms with Crippen LogP contribution in [0.4, 0.5) is 0 Å². The van der Waals surface area contributed by atoms with E-state index in [1.807, 2.05) is 30.3 Å². The van der Waals surface area contributed by atoms with Crippen molar-refractivity contribution in [3.8, 4) is 11.1 Å². The molecule has 0 radical (unpaired) electrons. The Morgan fingerprint density at radius 3 is 2.65 bits per heavy atom. The third-order valence-corrected chi connectivity index (χ3v) is 4.78. The minimum atomic E-state index is -0.388. The molecule has 1 fully saturated rings. The quantitative estimate of drug-likeness (QED) is 0.812. The lowest BCUT2D eigenvalue weighted by Gasteiger charge is -2.22. The fourth-order valence-corrected chi connectivity index (χ4v) is 3.28. The van der Waals surface area contributed by atoms with Gasteiger partial charge < -0.3 is 15.4 Å². The van der Waals surface area contributed by atoms with Gasteiger partial charge in [-0.1, -0.05) is 30.3 Å². The molecule has 5 heteroatoms. The Bertz CT molecular complexity index is 782. The van der Waals surface area contributed by atoms with E-state index in [4.69, 9.17) is 4.74 Å². The number of ether oxygens (including phenoxy) is 1. The first kappa shape index (κ1) is 18.1. The molecule has 2 aromatic carbocycles. The summed E-state index contributed by atoms with van der Waals surface area (Å²) in [5.74, 6) is 0.0609. The molecule has 1 aliphatic heterocycles. The third kappa shape index (κ3) is 4.29. The second-order valence-corrected chi connectivity index (χ2v) is 6.52. The topological polar surface area (TPSA) is 67.4 Å². The zero-order valence-electron chi connectivity index (χ0n) is 15.0. The van der Waals surface area contributed by atoms with Crippen molar-refractivity contribution in [3.63, 3.8) is 0 Å². The molecule has 1 saturated heterocycles. The fraction of sp³-hybridized carbons (Fsp3) is 0.333. The molecule has 2 aromatic rings. The summed E-state index contributed by atoms with van der Waals surface area (Å²) in [6.07, 6.45) is 2.18. The highest BCUT2D eigenvalue weighted by atomic mass is 16.5. The van der Waals surface area contributed by atoms with E-state index in [9.17, 15) is 9.59 Å². The first-order chi connectivity index (χ1) is 12.7. The molecule has 136 valence electrons.